The van der Waals surface area contributed by atoms with Crippen LogP contribution in [0.4, 0.5) is 5.69 Å². The van der Waals surface area contributed by atoms with Crippen LogP contribution in [0.2, 0.25) is 0 Å². The average molecular weight is 628 g/mol. The minimum Gasteiger partial charge on any atom is -0.490 e. The van der Waals surface area contributed by atoms with Crippen molar-refractivity contribution in [2.75, 3.05) is 38.7 Å². The van der Waals surface area contributed by atoms with E-state index >= 15 is 0 Å². The van der Waals surface area contributed by atoms with Gasteiger partial charge in [-0.1, -0.05) is 45.4 Å². The Balaban J connectivity index is 1.58. The highest BCUT2D eigenvalue weighted by Crippen LogP contribution is 2.31. The third kappa shape index (κ3) is 9.92. The Bertz CT molecular complexity index is 1120. The summed E-state index contributed by atoms with van der Waals surface area (Å²) >= 11 is 0. The van der Waals surface area contributed by atoms with E-state index in [9.17, 15) is 19.5 Å². The Hall–Kier alpha value is -2.65. The van der Waals surface area contributed by atoms with Gasteiger partial charge in [-0.15, -0.1) is 0 Å². The summed E-state index contributed by atoms with van der Waals surface area (Å²) in [5.41, 5.74) is 0.943. The zero-order valence-corrected chi connectivity index (χ0v) is 28.1. The van der Waals surface area contributed by atoms with Crippen LogP contribution in [0.15, 0.2) is 18.2 Å². The first kappa shape index (κ1) is 35.2. The third-order valence-corrected chi connectivity index (χ3v) is 10.1. The molecular formula is C36H57N3O6. The number of aliphatic hydroxyl groups excluding tert-OH is 1. The van der Waals surface area contributed by atoms with Crippen LogP contribution in [0.25, 0.3) is 0 Å². The highest BCUT2D eigenvalue weighted by molar-refractivity contribution is 6.00. The van der Waals surface area contributed by atoms with Gasteiger partial charge in [0, 0.05) is 50.2 Å². The van der Waals surface area contributed by atoms with Gasteiger partial charge in [0.25, 0.3) is 5.91 Å². The molecule has 2 saturated carbocycles. The summed E-state index contributed by atoms with van der Waals surface area (Å²) in [6.45, 7) is 7.06. The lowest BCUT2D eigenvalue weighted by Crippen LogP contribution is -2.48. The number of nitrogens with zero attached hydrogens (tertiary/aromatic N) is 2. The van der Waals surface area contributed by atoms with Crippen molar-refractivity contribution in [1.29, 1.82) is 0 Å². The fraction of sp³-hybridized carbons (Fsp3) is 0.750. The van der Waals surface area contributed by atoms with E-state index in [2.05, 4.69) is 12.2 Å². The van der Waals surface area contributed by atoms with E-state index < -0.39 is 6.04 Å². The largest absolute Gasteiger partial charge is 0.490 e. The van der Waals surface area contributed by atoms with Gasteiger partial charge in [0.05, 0.1) is 30.4 Å². The topological polar surface area (TPSA) is 108 Å². The molecule has 0 spiro atoms. The molecule has 4 atom stereocenters. The van der Waals surface area contributed by atoms with Gasteiger partial charge in [0.1, 0.15) is 5.75 Å². The second kappa shape index (κ2) is 17.3. The first-order chi connectivity index (χ1) is 21.7. The van der Waals surface area contributed by atoms with Crippen molar-refractivity contribution in [3.63, 3.8) is 0 Å². The Kier molecular flexibility index (Phi) is 13.5. The summed E-state index contributed by atoms with van der Waals surface area (Å²) < 4.78 is 12.8. The van der Waals surface area contributed by atoms with Gasteiger partial charge in [-0.05, 0) is 77.0 Å². The van der Waals surface area contributed by atoms with Crippen LogP contribution in [-0.4, -0.2) is 84.2 Å². The van der Waals surface area contributed by atoms with Crippen molar-refractivity contribution in [3.8, 4) is 5.75 Å². The lowest BCUT2D eigenvalue weighted by molar-refractivity contribution is -0.138. The molecule has 1 aromatic rings. The molecule has 0 aromatic heterocycles. The maximum Gasteiger partial charge on any atom is 0.258 e. The molecule has 0 bridgehead atoms. The van der Waals surface area contributed by atoms with E-state index in [-0.39, 0.29) is 54.3 Å². The monoisotopic (exact) mass is 627 g/mol. The van der Waals surface area contributed by atoms with Crippen LogP contribution in [0.1, 0.15) is 115 Å². The Morgan fingerprint density at radius 3 is 2.29 bits per heavy atom. The molecule has 0 radical (unpaired) electrons. The van der Waals surface area contributed by atoms with Crippen LogP contribution in [0, 0.1) is 17.8 Å². The quantitative estimate of drug-likeness (QED) is 0.382. The summed E-state index contributed by atoms with van der Waals surface area (Å²) in [7, 11) is 1.87. The lowest BCUT2D eigenvalue weighted by Gasteiger charge is -2.36. The van der Waals surface area contributed by atoms with Crippen LogP contribution in [-0.2, 0) is 14.3 Å². The number of aliphatic hydroxyl groups is 1. The third-order valence-electron chi connectivity index (χ3n) is 10.1. The Labute approximate surface area is 270 Å². The van der Waals surface area contributed by atoms with Crippen molar-refractivity contribution in [1.82, 2.24) is 9.80 Å². The minimum atomic E-state index is -0.458. The lowest BCUT2D eigenvalue weighted by atomic mass is 9.88. The number of amides is 3. The Morgan fingerprint density at radius 2 is 1.62 bits per heavy atom. The molecule has 4 rings (SSSR count). The second-order valence-corrected chi connectivity index (χ2v) is 13.9. The first-order valence-corrected chi connectivity index (χ1v) is 17.6. The normalized spacial score (nSPS) is 25.4. The predicted molar refractivity (Wildman–Crippen MR) is 176 cm³/mol. The number of anilines is 1. The van der Waals surface area contributed by atoms with Gasteiger partial charge in [0.2, 0.25) is 11.8 Å². The number of hydrogen-bond acceptors (Lipinski definition) is 6. The molecule has 1 aliphatic heterocycles. The van der Waals surface area contributed by atoms with Gasteiger partial charge in [-0.2, -0.15) is 0 Å². The minimum absolute atomic E-state index is 0.00151. The predicted octanol–water partition coefficient (Wildman–Crippen LogP) is 6.04. The molecule has 3 amide bonds. The summed E-state index contributed by atoms with van der Waals surface area (Å²) in [5, 5.41) is 13.3. The summed E-state index contributed by atoms with van der Waals surface area (Å²) in [6, 6.07) is 4.87. The zero-order valence-electron chi connectivity index (χ0n) is 28.1. The molecule has 0 saturated heterocycles. The molecule has 9 nitrogen and oxygen atoms in total. The number of fused-ring (bicyclic) bond motifs is 1. The van der Waals surface area contributed by atoms with Gasteiger partial charge in [-0.25, -0.2) is 0 Å². The number of rotatable bonds is 7. The maximum absolute atomic E-state index is 14.4. The number of hydrogen-bond donors (Lipinski definition) is 2. The highest BCUT2D eigenvalue weighted by atomic mass is 16.5. The molecule has 3 aliphatic rings. The van der Waals surface area contributed by atoms with Crippen LogP contribution in [0.3, 0.4) is 0 Å². The number of nitrogens with one attached hydrogen (secondary N) is 1. The molecule has 9 heteroatoms. The summed E-state index contributed by atoms with van der Waals surface area (Å²) in [5.74, 6) is 0.366. The zero-order chi connectivity index (χ0) is 32.3. The molecule has 1 aromatic carbocycles. The summed E-state index contributed by atoms with van der Waals surface area (Å²) in [4.78, 5) is 44.3. The molecule has 0 unspecified atom stereocenters. The van der Waals surface area contributed by atoms with Crippen LogP contribution < -0.4 is 10.1 Å². The molecule has 45 heavy (non-hydrogen) atoms. The van der Waals surface area contributed by atoms with Crippen molar-refractivity contribution in [3.05, 3.63) is 23.8 Å². The number of likely N-dealkylation sites (N-methyl/N-ethyl adjacent to an activating group) is 1. The van der Waals surface area contributed by atoms with E-state index in [1.807, 2.05) is 31.9 Å². The SMILES string of the molecule is C[C@@H]1CN([C@H](C)CO)C(=O)c2cc(NC(=O)C3CCCCC3)ccc2O[C@@H](C)CCCCO[C@H]1CN(C)C(=O)C1CCCCC1. The van der Waals surface area contributed by atoms with Crippen LogP contribution >= 0.6 is 0 Å². The maximum atomic E-state index is 14.4. The molecule has 2 aliphatic carbocycles. The number of carbonyl (C=O) groups excluding carboxylic acids is 3. The van der Waals surface area contributed by atoms with E-state index in [0.29, 0.717) is 36.7 Å². The second-order valence-electron chi connectivity index (χ2n) is 13.9. The number of benzene rings is 1. The average Bonchev–Trinajstić information content (AvgIpc) is 3.06. The fourth-order valence-corrected chi connectivity index (χ4v) is 7.09. The molecule has 2 N–H and O–H groups in total. The fourth-order valence-electron chi connectivity index (χ4n) is 7.09. The first-order valence-electron chi connectivity index (χ1n) is 17.6. The van der Waals surface area contributed by atoms with Crippen molar-refractivity contribution < 1.29 is 29.0 Å². The molecular weight excluding hydrogens is 570 g/mol. The van der Waals surface area contributed by atoms with Crippen molar-refractivity contribution in [2.45, 2.75) is 122 Å². The van der Waals surface area contributed by atoms with E-state index in [0.717, 1.165) is 70.6 Å². The number of carbonyl (C=O) groups is 3. The molecule has 1 heterocycles. The van der Waals surface area contributed by atoms with E-state index in [1.54, 1.807) is 17.0 Å². The molecule has 2 fully saturated rings. The van der Waals surface area contributed by atoms with Crippen molar-refractivity contribution in [2.24, 2.45) is 17.8 Å². The van der Waals surface area contributed by atoms with E-state index in [4.69, 9.17) is 9.47 Å². The highest BCUT2D eigenvalue weighted by Gasteiger charge is 2.32. The van der Waals surface area contributed by atoms with Gasteiger partial charge >= 0.3 is 0 Å². The smallest absolute Gasteiger partial charge is 0.258 e. The van der Waals surface area contributed by atoms with Gasteiger partial charge < -0.3 is 29.7 Å². The molecule has 252 valence electrons. The van der Waals surface area contributed by atoms with Crippen LogP contribution in [0.5, 0.6) is 5.75 Å². The van der Waals surface area contributed by atoms with Crippen molar-refractivity contribution >= 4 is 23.4 Å². The standard InChI is InChI=1S/C36H57N3O6/c1-25-22-39(26(2)24-40)36(43)31-21-30(37-34(41)28-14-7-5-8-15-28)18-19-32(31)45-27(3)13-11-12-20-44-33(25)23-38(4)35(42)29-16-9-6-10-17-29/h18-19,21,25-29,33,40H,5-17,20,22-24H2,1-4H3,(H,37,41)/t25-,26-,27+,33+/m1/s1. The van der Waals surface area contributed by atoms with Gasteiger partial charge in [0.15, 0.2) is 0 Å². The van der Waals surface area contributed by atoms with E-state index in [1.165, 1.54) is 12.8 Å². The number of ether oxygens (including phenoxy) is 2. The van der Waals surface area contributed by atoms with Gasteiger partial charge in [-0.3, -0.25) is 14.4 Å². The Morgan fingerprint density at radius 1 is 0.978 bits per heavy atom. The summed E-state index contributed by atoms with van der Waals surface area (Å²) in [6.07, 6.45) is 12.6.